The molecule has 0 saturated carbocycles. The highest BCUT2D eigenvalue weighted by Gasteiger charge is 2.45. The van der Waals surface area contributed by atoms with Gasteiger partial charge in [0, 0.05) is 18.6 Å². The summed E-state index contributed by atoms with van der Waals surface area (Å²) in [6, 6.07) is 1.35. The van der Waals surface area contributed by atoms with E-state index in [-0.39, 0.29) is 23.5 Å². The van der Waals surface area contributed by atoms with Gasteiger partial charge in [-0.2, -0.15) is 0 Å². The van der Waals surface area contributed by atoms with E-state index in [1.165, 1.54) is 20.3 Å². The van der Waals surface area contributed by atoms with Gasteiger partial charge in [0.1, 0.15) is 53.7 Å². The van der Waals surface area contributed by atoms with E-state index < -0.39 is 42.9 Å². The zero-order valence-electron chi connectivity index (χ0n) is 17.1. The molecule has 1 aliphatic heterocycles. The lowest BCUT2D eigenvalue weighted by Crippen LogP contribution is -2.59. The number of ether oxygens (including phenoxy) is 4. The molecule has 10 nitrogen and oxygen atoms in total. The lowest BCUT2D eigenvalue weighted by molar-refractivity contribution is -0.308. The molecule has 4 N–H and O–H groups in total. The van der Waals surface area contributed by atoms with E-state index in [0.29, 0.717) is 22.3 Å². The van der Waals surface area contributed by atoms with Crippen LogP contribution in [0.2, 0.25) is 0 Å². The van der Waals surface area contributed by atoms with E-state index in [1.54, 1.807) is 13.8 Å². The third kappa shape index (κ3) is 3.78. The minimum absolute atomic E-state index is 0.0298. The van der Waals surface area contributed by atoms with Crippen LogP contribution in [0.3, 0.4) is 0 Å². The van der Waals surface area contributed by atoms with E-state index in [1.807, 2.05) is 0 Å². The molecule has 1 fully saturated rings. The number of benzene rings is 1. The monoisotopic (exact) mass is 426 g/mol. The molecule has 1 saturated heterocycles. The van der Waals surface area contributed by atoms with Gasteiger partial charge in [0.25, 0.3) is 0 Å². The molecule has 5 atom stereocenters. The third-order valence-corrected chi connectivity index (χ3v) is 5.42. The predicted octanol–water partition coefficient (Wildman–Crippen LogP) is 0.0946. The minimum atomic E-state index is -1.45. The van der Waals surface area contributed by atoms with E-state index in [2.05, 4.69) is 0 Å². The maximum Gasteiger partial charge on any atom is 0.347 e. The van der Waals surface area contributed by atoms with Gasteiger partial charge in [-0.15, -0.1) is 0 Å². The number of rotatable bonds is 6. The Hall–Kier alpha value is -2.21. The Balaban J connectivity index is 1.92. The summed E-state index contributed by atoms with van der Waals surface area (Å²) in [6.45, 7) is 2.72. The molecule has 0 amide bonds. The molecule has 2 aromatic rings. The van der Waals surface area contributed by atoms with Gasteiger partial charge >= 0.3 is 5.63 Å². The van der Waals surface area contributed by atoms with Crippen molar-refractivity contribution in [1.29, 1.82) is 0 Å². The number of methoxy groups -OCH3 is 2. The van der Waals surface area contributed by atoms with Crippen LogP contribution in [0.15, 0.2) is 15.3 Å². The lowest BCUT2D eigenvalue weighted by Gasteiger charge is -2.41. The van der Waals surface area contributed by atoms with Crippen molar-refractivity contribution >= 4 is 10.8 Å². The van der Waals surface area contributed by atoms with Crippen molar-refractivity contribution in [1.82, 2.24) is 0 Å². The number of phenols is 1. The van der Waals surface area contributed by atoms with Gasteiger partial charge in [0.15, 0.2) is 6.29 Å². The van der Waals surface area contributed by atoms with Gasteiger partial charge in [-0.1, -0.05) is 0 Å². The molecule has 0 radical (unpaired) electrons. The third-order valence-electron chi connectivity index (χ3n) is 5.42. The molecule has 1 aromatic heterocycles. The summed E-state index contributed by atoms with van der Waals surface area (Å²) < 4.78 is 26.7. The zero-order valence-corrected chi connectivity index (χ0v) is 17.1. The standard InChI is InChI=1S/C20H26O10/c1-8-11(26-3)5-10(22)15-14(8)9(2)13(29-19(15)25)7-28-20-17(24)16(23)18(27-4)12(6-21)30-20/h5,12,16-18,20-24H,6-7H2,1-4H3. The van der Waals surface area contributed by atoms with Gasteiger partial charge in [0.05, 0.1) is 13.7 Å². The Morgan fingerprint density at radius 1 is 1.10 bits per heavy atom. The van der Waals surface area contributed by atoms with E-state index in [0.717, 1.165) is 0 Å². The predicted molar refractivity (Wildman–Crippen MR) is 104 cm³/mol. The summed E-state index contributed by atoms with van der Waals surface area (Å²) in [4.78, 5) is 12.5. The van der Waals surface area contributed by atoms with E-state index >= 15 is 0 Å². The first-order valence-corrected chi connectivity index (χ1v) is 9.34. The second-order valence-electron chi connectivity index (χ2n) is 7.13. The molecule has 3 rings (SSSR count). The highest BCUT2D eigenvalue weighted by molar-refractivity contribution is 5.94. The normalized spacial score (nSPS) is 26.8. The first kappa shape index (κ1) is 22.5. The van der Waals surface area contributed by atoms with Crippen molar-refractivity contribution in [3.63, 3.8) is 0 Å². The van der Waals surface area contributed by atoms with Gasteiger partial charge in [-0.05, 0) is 25.0 Å². The molecule has 0 aliphatic carbocycles. The summed E-state index contributed by atoms with van der Waals surface area (Å²) >= 11 is 0. The van der Waals surface area contributed by atoms with Gasteiger partial charge in [0.2, 0.25) is 0 Å². The molecule has 0 bridgehead atoms. The number of aliphatic hydroxyl groups is 3. The van der Waals surface area contributed by atoms with E-state index in [4.69, 9.17) is 23.4 Å². The van der Waals surface area contributed by atoms with Crippen LogP contribution >= 0.6 is 0 Å². The quantitative estimate of drug-likeness (QED) is 0.501. The number of hydrogen-bond donors (Lipinski definition) is 4. The maximum atomic E-state index is 12.5. The van der Waals surface area contributed by atoms with Crippen molar-refractivity contribution in [2.24, 2.45) is 0 Å². The van der Waals surface area contributed by atoms with Crippen molar-refractivity contribution in [2.45, 2.75) is 51.2 Å². The Labute approximate surface area is 172 Å². The van der Waals surface area contributed by atoms with E-state index in [9.17, 15) is 25.2 Å². The Bertz CT molecular complexity index is 966. The molecule has 10 heteroatoms. The molecule has 1 aromatic carbocycles. The van der Waals surface area contributed by atoms with Crippen molar-refractivity contribution in [3.05, 3.63) is 33.4 Å². The summed E-state index contributed by atoms with van der Waals surface area (Å²) in [5, 5.41) is 40.7. The average Bonchev–Trinajstić information content (AvgIpc) is 2.73. The topological polar surface area (TPSA) is 148 Å². The number of aryl methyl sites for hydroxylation is 2. The molecule has 166 valence electrons. The fraction of sp³-hybridized carbons (Fsp3) is 0.550. The van der Waals surface area contributed by atoms with Crippen LogP contribution < -0.4 is 10.4 Å². The van der Waals surface area contributed by atoms with Crippen molar-refractivity contribution in [3.8, 4) is 11.5 Å². The summed E-state index contributed by atoms with van der Waals surface area (Å²) in [5.41, 5.74) is 0.426. The fourth-order valence-electron chi connectivity index (χ4n) is 3.79. The summed E-state index contributed by atoms with van der Waals surface area (Å²) in [7, 11) is 2.78. The molecular weight excluding hydrogens is 400 g/mol. The van der Waals surface area contributed by atoms with Crippen LogP contribution in [-0.4, -0.2) is 72.0 Å². The first-order valence-electron chi connectivity index (χ1n) is 9.34. The highest BCUT2D eigenvalue weighted by Crippen LogP contribution is 2.36. The summed E-state index contributed by atoms with van der Waals surface area (Å²) in [6.07, 6.45) is -5.92. The maximum absolute atomic E-state index is 12.5. The van der Waals surface area contributed by atoms with Gasteiger partial charge in [-0.3, -0.25) is 0 Å². The number of hydrogen-bond acceptors (Lipinski definition) is 10. The number of aromatic hydroxyl groups is 1. The van der Waals surface area contributed by atoms with Crippen LogP contribution in [0.5, 0.6) is 11.5 Å². The molecule has 0 spiro atoms. The molecule has 2 heterocycles. The van der Waals surface area contributed by atoms with Crippen LogP contribution in [0.1, 0.15) is 16.9 Å². The second kappa shape index (κ2) is 8.88. The minimum Gasteiger partial charge on any atom is -0.507 e. The number of aliphatic hydroxyl groups excluding tert-OH is 3. The summed E-state index contributed by atoms with van der Waals surface area (Å²) in [5.74, 6) is 0.302. The van der Waals surface area contributed by atoms with Crippen LogP contribution in [0.4, 0.5) is 0 Å². The molecule has 30 heavy (non-hydrogen) atoms. The zero-order chi connectivity index (χ0) is 22.2. The first-order chi connectivity index (χ1) is 14.2. The van der Waals surface area contributed by atoms with Crippen LogP contribution in [0.25, 0.3) is 10.8 Å². The Morgan fingerprint density at radius 2 is 1.80 bits per heavy atom. The molecular formula is C20H26O10. The lowest BCUT2D eigenvalue weighted by atomic mass is 9.99. The van der Waals surface area contributed by atoms with Crippen molar-refractivity contribution < 1.29 is 43.8 Å². The Kier molecular flexibility index (Phi) is 6.65. The number of fused-ring (bicyclic) bond motifs is 1. The molecule has 5 unspecified atom stereocenters. The molecule has 1 aliphatic rings. The number of phenolic OH excluding ortho intramolecular Hbond substituents is 1. The smallest absolute Gasteiger partial charge is 0.347 e. The Morgan fingerprint density at radius 3 is 2.40 bits per heavy atom. The van der Waals surface area contributed by atoms with Crippen molar-refractivity contribution in [2.75, 3.05) is 20.8 Å². The average molecular weight is 426 g/mol. The second-order valence-corrected chi connectivity index (χ2v) is 7.13. The fourth-order valence-corrected chi connectivity index (χ4v) is 3.79. The van der Waals surface area contributed by atoms with Crippen LogP contribution in [0, 0.1) is 13.8 Å². The van der Waals surface area contributed by atoms with Gasteiger partial charge in [-0.25, -0.2) is 4.79 Å². The van der Waals surface area contributed by atoms with Crippen LogP contribution in [-0.2, 0) is 20.8 Å². The SMILES string of the molecule is COc1cc(O)c2c(=O)oc(COC3OC(CO)C(OC)C(O)C3O)c(C)c2c1C. The largest absolute Gasteiger partial charge is 0.507 e. The highest BCUT2D eigenvalue weighted by atomic mass is 16.7. The van der Waals surface area contributed by atoms with Gasteiger partial charge < -0.3 is 43.8 Å².